The molecule has 0 aromatic rings. The Morgan fingerprint density at radius 3 is 2.73 bits per heavy atom. The van der Waals surface area contributed by atoms with Crippen molar-refractivity contribution >= 4 is 17.8 Å². The van der Waals surface area contributed by atoms with Gasteiger partial charge in [0.15, 0.2) is 0 Å². The molecule has 4 nitrogen and oxygen atoms in total. The van der Waals surface area contributed by atoms with E-state index in [0.717, 1.165) is 25.4 Å². The summed E-state index contributed by atoms with van der Waals surface area (Å²) in [5.41, 5.74) is 0. The van der Waals surface area contributed by atoms with Gasteiger partial charge in [0.05, 0.1) is 13.2 Å². The third-order valence-electron chi connectivity index (χ3n) is 3.43. The molecule has 0 radical (unpaired) electrons. The molecule has 2 bridgehead atoms. The summed E-state index contributed by atoms with van der Waals surface area (Å²) in [6, 6.07) is 0.751. The summed E-state index contributed by atoms with van der Waals surface area (Å²) in [6.07, 6.45) is 1.21. The fourth-order valence-corrected chi connectivity index (χ4v) is 4.00. The lowest BCUT2D eigenvalue weighted by atomic mass is 10.2. The number of fused-ring (bicyclic) bond motifs is 2. The highest BCUT2D eigenvalue weighted by Gasteiger charge is 2.42. The molecule has 0 aromatic heterocycles. The van der Waals surface area contributed by atoms with Gasteiger partial charge in [-0.1, -0.05) is 0 Å². The fourth-order valence-electron chi connectivity index (χ4n) is 2.57. The van der Waals surface area contributed by atoms with E-state index < -0.39 is 0 Å². The Balaban J connectivity index is 1.64. The standard InChI is InChI=1S/C10H16N2O2S/c13-10(11-1-3-14-4-2-11)12-6-9-5-8(12)7-15-9/h8-9H,1-7H2/t8-,9+/m0/s1. The Hall–Kier alpha value is -0.420. The van der Waals surface area contributed by atoms with E-state index in [-0.39, 0.29) is 6.03 Å². The van der Waals surface area contributed by atoms with Crippen LogP contribution in [0.4, 0.5) is 4.79 Å². The average molecular weight is 228 g/mol. The molecule has 3 heterocycles. The van der Waals surface area contributed by atoms with Crippen molar-refractivity contribution in [2.45, 2.75) is 17.7 Å². The number of morpholine rings is 1. The molecule has 3 aliphatic heterocycles. The maximum Gasteiger partial charge on any atom is 0.320 e. The van der Waals surface area contributed by atoms with Crippen LogP contribution < -0.4 is 0 Å². The number of rotatable bonds is 0. The van der Waals surface area contributed by atoms with E-state index in [1.54, 1.807) is 0 Å². The Bertz CT molecular complexity index is 268. The number of nitrogens with zero attached hydrogens (tertiary/aromatic N) is 2. The highest BCUT2D eigenvalue weighted by Crippen LogP contribution is 2.37. The summed E-state index contributed by atoms with van der Waals surface area (Å²) < 4.78 is 5.26. The molecule has 0 N–H and O–H groups in total. The van der Waals surface area contributed by atoms with Crippen molar-refractivity contribution in [2.24, 2.45) is 0 Å². The van der Waals surface area contributed by atoms with Crippen molar-refractivity contribution in [3.05, 3.63) is 0 Å². The molecule has 84 valence electrons. The number of carbonyl (C=O) groups excluding carboxylic acids is 1. The molecule has 0 spiro atoms. The van der Waals surface area contributed by atoms with Crippen LogP contribution in [-0.4, -0.2) is 65.7 Å². The third-order valence-corrected chi connectivity index (χ3v) is 4.82. The Morgan fingerprint density at radius 2 is 2.13 bits per heavy atom. The molecular formula is C10H16N2O2S. The van der Waals surface area contributed by atoms with Gasteiger partial charge in [0.2, 0.25) is 0 Å². The van der Waals surface area contributed by atoms with E-state index in [0.29, 0.717) is 24.5 Å². The summed E-state index contributed by atoms with van der Waals surface area (Å²) in [5.74, 6) is 1.14. The minimum Gasteiger partial charge on any atom is -0.378 e. The van der Waals surface area contributed by atoms with Gasteiger partial charge >= 0.3 is 6.03 Å². The summed E-state index contributed by atoms with van der Waals surface area (Å²) in [4.78, 5) is 16.2. The fraction of sp³-hybridized carbons (Fsp3) is 0.900. The number of hydrogen-bond donors (Lipinski definition) is 0. The summed E-state index contributed by atoms with van der Waals surface area (Å²) in [7, 11) is 0. The molecule has 2 atom stereocenters. The van der Waals surface area contributed by atoms with Crippen molar-refractivity contribution in [2.75, 3.05) is 38.6 Å². The van der Waals surface area contributed by atoms with Gasteiger partial charge in [0.25, 0.3) is 0 Å². The van der Waals surface area contributed by atoms with E-state index in [4.69, 9.17) is 4.74 Å². The molecule has 0 unspecified atom stereocenters. The van der Waals surface area contributed by atoms with E-state index in [1.165, 1.54) is 6.42 Å². The molecule has 3 fully saturated rings. The number of ether oxygens (including phenoxy) is 1. The monoisotopic (exact) mass is 228 g/mol. The minimum absolute atomic E-state index is 0.242. The predicted molar refractivity (Wildman–Crippen MR) is 59.1 cm³/mol. The number of amides is 2. The molecule has 0 aliphatic carbocycles. The van der Waals surface area contributed by atoms with Crippen LogP contribution >= 0.6 is 11.8 Å². The molecule has 5 heteroatoms. The van der Waals surface area contributed by atoms with Crippen molar-refractivity contribution in [3.63, 3.8) is 0 Å². The maximum atomic E-state index is 12.2. The molecule has 15 heavy (non-hydrogen) atoms. The second-order valence-electron chi connectivity index (χ2n) is 4.38. The highest BCUT2D eigenvalue weighted by atomic mass is 32.2. The molecule has 3 aliphatic rings. The van der Waals surface area contributed by atoms with Gasteiger partial charge in [0.1, 0.15) is 0 Å². The van der Waals surface area contributed by atoms with Crippen molar-refractivity contribution in [1.82, 2.24) is 9.80 Å². The zero-order chi connectivity index (χ0) is 10.3. The second kappa shape index (κ2) is 3.87. The van der Waals surface area contributed by atoms with E-state index in [1.807, 2.05) is 16.7 Å². The van der Waals surface area contributed by atoms with Crippen molar-refractivity contribution in [3.8, 4) is 0 Å². The summed E-state index contributed by atoms with van der Waals surface area (Å²) in [5, 5.41) is 0.708. The Labute approximate surface area is 93.9 Å². The first-order chi connectivity index (χ1) is 7.34. The Kier molecular flexibility index (Phi) is 2.52. The van der Waals surface area contributed by atoms with Crippen molar-refractivity contribution < 1.29 is 9.53 Å². The van der Waals surface area contributed by atoms with Crippen molar-refractivity contribution in [1.29, 1.82) is 0 Å². The smallest absolute Gasteiger partial charge is 0.320 e. The summed E-state index contributed by atoms with van der Waals surface area (Å²) >= 11 is 2.02. The van der Waals surface area contributed by atoms with E-state index >= 15 is 0 Å². The summed E-state index contributed by atoms with van der Waals surface area (Å²) in [6.45, 7) is 3.89. The highest BCUT2D eigenvalue weighted by molar-refractivity contribution is 8.00. The first-order valence-corrected chi connectivity index (χ1v) is 6.64. The van der Waals surface area contributed by atoms with Gasteiger partial charge in [-0.2, -0.15) is 11.8 Å². The van der Waals surface area contributed by atoms with Gasteiger partial charge in [-0.15, -0.1) is 0 Å². The molecule has 0 aromatic carbocycles. The third kappa shape index (κ3) is 1.72. The molecule has 3 rings (SSSR count). The first kappa shape index (κ1) is 9.78. The second-order valence-corrected chi connectivity index (χ2v) is 5.71. The van der Waals surface area contributed by atoms with Gasteiger partial charge in [0, 0.05) is 36.7 Å². The van der Waals surface area contributed by atoms with Crippen LogP contribution in [-0.2, 0) is 4.74 Å². The normalized spacial score (nSPS) is 34.9. The minimum atomic E-state index is 0.242. The van der Waals surface area contributed by atoms with E-state index in [9.17, 15) is 4.79 Å². The predicted octanol–water partition coefficient (Wildman–Crippen LogP) is 0.628. The van der Waals surface area contributed by atoms with Gasteiger partial charge in [-0.25, -0.2) is 4.79 Å². The Morgan fingerprint density at radius 1 is 1.33 bits per heavy atom. The zero-order valence-electron chi connectivity index (χ0n) is 8.72. The SMILES string of the molecule is O=C(N1CCOCC1)N1C[C@H]2C[C@H]1CS2. The van der Waals surface area contributed by atoms with Crippen LogP contribution in [0.15, 0.2) is 0 Å². The largest absolute Gasteiger partial charge is 0.378 e. The molecule has 0 saturated carbocycles. The van der Waals surface area contributed by atoms with Crippen LogP contribution in [0.2, 0.25) is 0 Å². The van der Waals surface area contributed by atoms with Crippen LogP contribution in [0.1, 0.15) is 6.42 Å². The quantitative estimate of drug-likeness (QED) is 0.609. The molecule has 3 saturated heterocycles. The average Bonchev–Trinajstić information content (AvgIpc) is 2.91. The van der Waals surface area contributed by atoms with Gasteiger partial charge in [-0.05, 0) is 6.42 Å². The van der Waals surface area contributed by atoms with Crippen LogP contribution in [0.3, 0.4) is 0 Å². The topological polar surface area (TPSA) is 32.8 Å². The maximum absolute atomic E-state index is 12.2. The van der Waals surface area contributed by atoms with Crippen LogP contribution in [0.25, 0.3) is 0 Å². The lowest BCUT2D eigenvalue weighted by Gasteiger charge is -2.34. The van der Waals surface area contributed by atoms with Crippen LogP contribution in [0, 0.1) is 0 Å². The lowest BCUT2D eigenvalue weighted by molar-refractivity contribution is 0.0428. The van der Waals surface area contributed by atoms with Gasteiger partial charge < -0.3 is 14.5 Å². The number of carbonyl (C=O) groups is 1. The number of urea groups is 1. The molecular weight excluding hydrogens is 212 g/mol. The number of thioether (sulfide) groups is 1. The number of likely N-dealkylation sites (tertiary alicyclic amines) is 1. The zero-order valence-corrected chi connectivity index (χ0v) is 9.54. The number of hydrogen-bond acceptors (Lipinski definition) is 3. The van der Waals surface area contributed by atoms with Crippen LogP contribution in [0.5, 0.6) is 0 Å². The molecule has 2 amide bonds. The first-order valence-electron chi connectivity index (χ1n) is 5.59. The lowest BCUT2D eigenvalue weighted by Crippen LogP contribution is -2.51. The van der Waals surface area contributed by atoms with E-state index in [2.05, 4.69) is 4.90 Å². The van der Waals surface area contributed by atoms with Gasteiger partial charge in [-0.3, -0.25) is 0 Å².